The summed E-state index contributed by atoms with van der Waals surface area (Å²) < 4.78 is 5.36. The summed E-state index contributed by atoms with van der Waals surface area (Å²) in [4.78, 5) is 0. The molecular formula is C12H19NO. The third-order valence-electron chi connectivity index (χ3n) is 2.82. The lowest BCUT2D eigenvalue weighted by atomic mass is 10.1. The third kappa shape index (κ3) is 2.18. The molecule has 1 atom stereocenters. The number of rotatable bonds is 5. The Labute approximate surface area is 85.7 Å². The van der Waals surface area contributed by atoms with Crippen molar-refractivity contribution in [2.45, 2.75) is 39.2 Å². The normalized spacial score (nSPS) is 18.4. The first kappa shape index (κ1) is 9.78. The molecule has 1 fully saturated rings. The quantitative estimate of drug-likeness (QED) is 0.777. The van der Waals surface area contributed by atoms with Gasteiger partial charge in [0.2, 0.25) is 0 Å². The molecule has 14 heavy (non-hydrogen) atoms. The number of aryl methyl sites for hydroxylation is 1. The van der Waals surface area contributed by atoms with Crippen LogP contribution in [0.3, 0.4) is 0 Å². The van der Waals surface area contributed by atoms with Crippen LogP contribution in [0, 0.1) is 12.8 Å². The van der Waals surface area contributed by atoms with E-state index >= 15 is 0 Å². The lowest BCUT2D eigenvalue weighted by Gasteiger charge is -2.15. The first-order valence-corrected chi connectivity index (χ1v) is 5.59. The second-order valence-electron chi connectivity index (χ2n) is 4.26. The molecule has 0 spiro atoms. The van der Waals surface area contributed by atoms with E-state index < -0.39 is 0 Å². The minimum absolute atomic E-state index is 0.535. The zero-order valence-electron chi connectivity index (χ0n) is 9.05. The van der Waals surface area contributed by atoms with Crippen molar-refractivity contribution >= 4 is 0 Å². The summed E-state index contributed by atoms with van der Waals surface area (Å²) in [7, 11) is 0. The van der Waals surface area contributed by atoms with Crippen LogP contribution in [0.4, 0.5) is 0 Å². The second kappa shape index (κ2) is 4.18. The Morgan fingerprint density at radius 1 is 1.57 bits per heavy atom. The SMILES string of the molecule is CCCNC(c1coc(C)c1)C1CC1. The summed E-state index contributed by atoms with van der Waals surface area (Å²) in [6, 6.07) is 2.69. The largest absolute Gasteiger partial charge is 0.469 e. The molecule has 78 valence electrons. The van der Waals surface area contributed by atoms with Gasteiger partial charge in [-0.3, -0.25) is 0 Å². The zero-order valence-corrected chi connectivity index (χ0v) is 9.05. The fourth-order valence-corrected chi connectivity index (χ4v) is 1.91. The molecule has 1 aliphatic carbocycles. The Kier molecular flexibility index (Phi) is 2.92. The zero-order chi connectivity index (χ0) is 9.97. The van der Waals surface area contributed by atoms with Gasteiger partial charge >= 0.3 is 0 Å². The van der Waals surface area contributed by atoms with Gasteiger partial charge in [0.05, 0.1) is 6.26 Å². The van der Waals surface area contributed by atoms with Crippen molar-refractivity contribution in [3.8, 4) is 0 Å². The van der Waals surface area contributed by atoms with E-state index in [0.717, 1.165) is 18.2 Å². The fourth-order valence-electron chi connectivity index (χ4n) is 1.91. The lowest BCUT2D eigenvalue weighted by Crippen LogP contribution is -2.23. The Bertz CT molecular complexity index is 288. The molecule has 0 amide bonds. The van der Waals surface area contributed by atoms with Crippen LogP contribution in [-0.2, 0) is 0 Å². The highest BCUT2D eigenvalue weighted by Crippen LogP contribution is 2.41. The van der Waals surface area contributed by atoms with Crippen molar-refractivity contribution in [3.63, 3.8) is 0 Å². The van der Waals surface area contributed by atoms with E-state index in [9.17, 15) is 0 Å². The van der Waals surface area contributed by atoms with Crippen LogP contribution in [-0.4, -0.2) is 6.54 Å². The Morgan fingerprint density at radius 3 is 2.86 bits per heavy atom. The number of nitrogens with one attached hydrogen (secondary N) is 1. The summed E-state index contributed by atoms with van der Waals surface area (Å²) in [5, 5.41) is 3.60. The van der Waals surface area contributed by atoms with Crippen LogP contribution in [0.5, 0.6) is 0 Å². The lowest BCUT2D eigenvalue weighted by molar-refractivity contribution is 0.469. The van der Waals surface area contributed by atoms with Crippen LogP contribution in [0.25, 0.3) is 0 Å². The highest BCUT2D eigenvalue weighted by molar-refractivity contribution is 5.18. The highest BCUT2D eigenvalue weighted by atomic mass is 16.3. The predicted molar refractivity (Wildman–Crippen MR) is 57.2 cm³/mol. The van der Waals surface area contributed by atoms with Gasteiger partial charge in [-0.1, -0.05) is 6.92 Å². The van der Waals surface area contributed by atoms with E-state index in [1.54, 1.807) is 0 Å². The van der Waals surface area contributed by atoms with Crippen LogP contribution < -0.4 is 5.32 Å². The van der Waals surface area contributed by atoms with Crippen LogP contribution in [0.15, 0.2) is 16.7 Å². The standard InChI is InChI=1S/C12H19NO/c1-3-6-13-12(10-4-5-10)11-7-9(2)14-8-11/h7-8,10,12-13H,3-6H2,1-2H3. The molecule has 1 aromatic rings. The van der Waals surface area contributed by atoms with E-state index in [-0.39, 0.29) is 0 Å². The number of furan rings is 1. The smallest absolute Gasteiger partial charge is 0.101 e. The molecule has 2 nitrogen and oxygen atoms in total. The van der Waals surface area contributed by atoms with Crippen LogP contribution in [0.1, 0.15) is 43.6 Å². The van der Waals surface area contributed by atoms with E-state index in [1.807, 2.05) is 13.2 Å². The molecule has 1 heterocycles. The predicted octanol–water partition coefficient (Wildman–Crippen LogP) is 3.04. The number of hydrogen-bond acceptors (Lipinski definition) is 2. The molecule has 0 saturated heterocycles. The average molecular weight is 193 g/mol. The topological polar surface area (TPSA) is 25.2 Å². The van der Waals surface area contributed by atoms with E-state index in [2.05, 4.69) is 18.3 Å². The summed E-state index contributed by atoms with van der Waals surface area (Å²) in [6.45, 7) is 5.32. The summed E-state index contributed by atoms with van der Waals surface area (Å²) in [5.74, 6) is 1.86. The molecular weight excluding hydrogens is 174 g/mol. The first-order valence-electron chi connectivity index (χ1n) is 5.59. The van der Waals surface area contributed by atoms with E-state index in [1.165, 1.54) is 24.8 Å². The second-order valence-corrected chi connectivity index (χ2v) is 4.26. The third-order valence-corrected chi connectivity index (χ3v) is 2.82. The average Bonchev–Trinajstić information content (AvgIpc) is 2.91. The molecule has 1 aromatic heterocycles. The maximum Gasteiger partial charge on any atom is 0.101 e. The molecule has 2 heteroatoms. The van der Waals surface area contributed by atoms with Crippen molar-refractivity contribution < 1.29 is 4.42 Å². The summed E-state index contributed by atoms with van der Waals surface area (Å²) >= 11 is 0. The monoisotopic (exact) mass is 193 g/mol. The molecule has 0 radical (unpaired) electrons. The molecule has 0 aliphatic heterocycles. The van der Waals surface area contributed by atoms with Gasteiger partial charge in [0, 0.05) is 11.6 Å². The summed E-state index contributed by atoms with van der Waals surface area (Å²) in [6.07, 6.45) is 5.83. The minimum atomic E-state index is 0.535. The maximum atomic E-state index is 5.36. The van der Waals surface area contributed by atoms with Gasteiger partial charge in [-0.05, 0) is 44.7 Å². The van der Waals surface area contributed by atoms with Gasteiger partial charge in [-0.25, -0.2) is 0 Å². The molecule has 1 saturated carbocycles. The Hall–Kier alpha value is -0.760. The van der Waals surface area contributed by atoms with Crippen LogP contribution >= 0.6 is 0 Å². The van der Waals surface area contributed by atoms with E-state index in [0.29, 0.717) is 6.04 Å². The van der Waals surface area contributed by atoms with Crippen molar-refractivity contribution in [2.24, 2.45) is 5.92 Å². The first-order chi connectivity index (χ1) is 6.81. The molecule has 1 N–H and O–H groups in total. The van der Waals surface area contributed by atoms with Gasteiger partial charge in [0.1, 0.15) is 5.76 Å². The van der Waals surface area contributed by atoms with Crippen molar-refractivity contribution in [2.75, 3.05) is 6.54 Å². The van der Waals surface area contributed by atoms with Gasteiger partial charge < -0.3 is 9.73 Å². The Morgan fingerprint density at radius 2 is 2.36 bits per heavy atom. The van der Waals surface area contributed by atoms with Crippen molar-refractivity contribution in [1.82, 2.24) is 5.32 Å². The minimum Gasteiger partial charge on any atom is -0.469 e. The van der Waals surface area contributed by atoms with Gasteiger partial charge in [0.15, 0.2) is 0 Å². The molecule has 2 rings (SSSR count). The number of hydrogen-bond donors (Lipinski definition) is 1. The molecule has 0 bridgehead atoms. The van der Waals surface area contributed by atoms with E-state index in [4.69, 9.17) is 4.42 Å². The summed E-state index contributed by atoms with van der Waals surface area (Å²) in [5.41, 5.74) is 1.33. The highest BCUT2D eigenvalue weighted by Gasteiger charge is 2.32. The molecule has 0 aromatic carbocycles. The molecule has 1 aliphatic rings. The Balaban J connectivity index is 2.02. The van der Waals surface area contributed by atoms with Crippen LogP contribution in [0.2, 0.25) is 0 Å². The molecule has 1 unspecified atom stereocenters. The van der Waals surface area contributed by atoms with Crippen molar-refractivity contribution in [3.05, 3.63) is 23.7 Å². The van der Waals surface area contributed by atoms with Crippen molar-refractivity contribution in [1.29, 1.82) is 0 Å². The van der Waals surface area contributed by atoms with Gasteiger partial charge in [0.25, 0.3) is 0 Å². The van der Waals surface area contributed by atoms with Gasteiger partial charge in [-0.2, -0.15) is 0 Å². The maximum absolute atomic E-state index is 5.36. The van der Waals surface area contributed by atoms with Gasteiger partial charge in [-0.15, -0.1) is 0 Å². The fraction of sp³-hybridized carbons (Fsp3) is 0.667.